The van der Waals surface area contributed by atoms with Crippen LogP contribution in [0.4, 0.5) is 13.2 Å². The zero-order valence-electron chi connectivity index (χ0n) is 19.2. The van der Waals surface area contributed by atoms with Crippen molar-refractivity contribution in [3.63, 3.8) is 0 Å². The highest BCUT2D eigenvalue weighted by atomic mass is 35.5. The van der Waals surface area contributed by atoms with E-state index in [9.17, 15) is 22.8 Å². The van der Waals surface area contributed by atoms with E-state index >= 15 is 0 Å². The van der Waals surface area contributed by atoms with E-state index in [2.05, 4.69) is 10.1 Å². The normalized spacial score (nSPS) is 19.3. The molecule has 1 unspecified atom stereocenters. The SMILES string of the molecule is O=C(O)CC1CCN(C2=NC(=O)/C(=C/c3ccc4c(cnn4Cc4ccc(Cl)cc4C(F)(F)F)c3)S2)C1. The van der Waals surface area contributed by atoms with E-state index in [-0.39, 0.29) is 35.4 Å². The summed E-state index contributed by atoms with van der Waals surface area (Å²) in [6.45, 7) is 1.12. The molecule has 3 aromatic rings. The highest BCUT2D eigenvalue weighted by Crippen LogP contribution is 2.35. The van der Waals surface area contributed by atoms with E-state index in [1.54, 1.807) is 24.4 Å². The fraction of sp³-hybridized carbons (Fsp3) is 0.280. The number of halogens is 4. The second-order valence-electron chi connectivity index (χ2n) is 8.93. The van der Waals surface area contributed by atoms with Crippen LogP contribution in [-0.4, -0.2) is 49.9 Å². The first-order valence-electron chi connectivity index (χ1n) is 11.4. The predicted octanol–water partition coefficient (Wildman–Crippen LogP) is 5.52. The molecule has 2 aromatic carbocycles. The predicted molar refractivity (Wildman–Crippen MR) is 135 cm³/mol. The monoisotopic (exact) mass is 548 g/mol. The van der Waals surface area contributed by atoms with E-state index < -0.39 is 17.7 Å². The molecule has 192 valence electrons. The minimum Gasteiger partial charge on any atom is -0.481 e. The first-order valence-corrected chi connectivity index (χ1v) is 12.6. The number of carbonyl (C=O) groups is 2. The largest absolute Gasteiger partial charge is 0.481 e. The molecule has 7 nitrogen and oxygen atoms in total. The molecule has 2 aliphatic rings. The lowest BCUT2D eigenvalue weighted by Gasteiger charge is -2.16. The van der Waals surface area contributed by atoms with Crippen LogP contribution in [0.3, 0.4) is 0 Å². The lowest BCUT2D eigenvalue weighted by Crippen LogP contribution is -2.25. The number of aromatic nitrogens is 2. The number of rotatable bonds is 5. The van der Waals surface area contributed by atoms with Crippen molar-refractivity contribution in [1.29, 1.82) is 0 Å². The molecule has 0 spiro atoms. The van der Waals surface area contributed by atoms with E-state index in [4.69, 9.17) is 16.7 Å². The van der Waals surface area contributed by atoms with Crippen molar-refractivity contribution in [2.75, 3.05) is 13.1 Å². The van der Waals surface area contributed by atoms with Crippen molar-refractivity contribution >= 4 is 57.4 Å². The molecule has 1 N–H and O–H groups in total. The Balaban J connectivity index is 1.32. The fourth-order valence-corrected chi connectivity index (χ4v) is 5.66. The molecule has 2 aliphatic heterocycles. The van der Waals surface area contributed by atoms with Crippen LogP contribution in [0.25, 0.3) is 17.0 Å². The van der Waals surface area contributed by atoms with E-state index in [1.807, 2.05) is 11.0 Å². The average molecular weight is 549 g/mol. The molecule has 1 saturated heterocycles. The number of alkyl halides is 3. The van der Waals surface area contributed by atoms with Gasteiger partial charge in [-0.25, -0.2) is 0 Å². The first-order chi connectivity index (χ1) is 17.6. The first kappa shape index (κ1) is 25.3. The molecule has 1 amide bonds. The summed E-state index contributed by atoms with van der Waals surface area (Å²) in [5.74, 6) is -1.17. The van der Waals surface area contributed by atoms with E-state index in [1.165, 1.54) is 28.6 Å². The maximum atomic E-state index is 13.5. The van der Waals surface area contributed by atoms with Gasteiger partial charge in [-0.15, -0.1) is 0 Å². The molecule has 1 aromatic heterocycles. The van der Waals surface area contributed by atoms with E-state index in [0.29, 0.717) is 34.1 Å². The third-order valence-corrected chi connectivity index (χ3v) is 7.57. The maximum absolute atomic E-state index is 13.5. The van der Waals surface area contributed by atoms with Crippen LogP contribution in [0.5, 0.6) is 0 Å². The Morgan fingerprint density at radius 3 is 2.81 bits per heavy atom. The number of amidine groups is 1. The number of hydrogen-bond donors (Lipinski definition) is 1. The van der Waals surface area contributed by atoms with Gasteiger partial charge in [0.1, 0.15) is 0 Å². The lowest BCUT2D eigenvalue weighted by atomic mass is 10.1. The van der Waals surface area contributed by atoms with Crippen LogP contribution in [0.1, 0.15) is 29.5 Å². The summed E-state index contributed by atoms with van der Waals surface area (Å²) < 4.78 is 41.9. The molecule has 0 aliphatic carbocycles. The van der Waals surface area contributed by atoms with Gasteiger partial charge in [0.25, 0.3) is 5.91 Å². The van der Waals surface area contributed by atoms with E-state index in [0.717, 1.165) is 18.1 Å². The minimum atomic E-state index is -4.54. The molecular formula is C25H20ClF3N4O3S. The highest BCUT2D eigenvalue weighted by Gasteiger charge is 2.34. The molecule has 0 saturated carbocycles. The van der Waals surface area contributed by atoms with Crippen LogP contribution in [0.15, 0.2) is 52.5 Å². The maximum Gasteiger partial charge on any atom is 0.416 e. The second-order valence-corrected chi connectivity index (χ2v) is 10.4. The number of carbonyl (C=O) groups excluding carboxylic acids is 1. The van der Waals surface area contributed by atoms with Gasteiger partial charge in [-0.2, -0.15) is 23.3 Å². The smallest absolute Gasteiger partial charge is 0.416 e. The Kier molecular flexibility index (Phi) is 6.76. The zero-order chi connectivity index (χ0) is 26.3. The van der Waals surface area contributed by atoms with Crippen molar-refractivity contribution in [3.8, 4) is 0 Å². The van der Waals surface area contributed by atoms with Crippen LogP contribution >= 0.6 is 23.4 Å². The standard InChI is InChI=1S/C25H20ClF3N4O3S/c26-18-3-2-16(19(10-18)25(27,28)29)13-33-20-4-1-14(7-17(20)11-30-33)8-21-23(36)31-24(37-21)32-6-5-15(12-32)9-22(34)35/h1-4,7-8,10-11,15H,5-6,9,12-13H2,(H,34,35)/b21-8-. The molecule has 12 heteroatoms. The van der Waals surface area contributed by atoms with Crippen molar-refractivity contribution in [1.82, 2.24) is 14.7 Å². The Bertz CT molecular complexity index is 1470. The topological polar surface area (TPSA) is 87.8 Å². The Labute approximate surface area is 218 Å². The van der Waals surface area contributed by atoms with Gasteiger partial charge in [-0.3, -0.25) is 14.3 Å². The van der Waals surface area contributed by atoms with Gasteiger partial charge in [0, 0.05) is 29.9 Å². The summed E-state index contributed by atoms with van der Waals surface area (Å²) in [5.41, 5.74) is 0.629. The van der Waals surface area contributed by atoms with Crippen LogP contribution < -0.4 is 0 Å². The van der Waals surface area contributed by atoms with Crippen LogP contribution in [0.2, 0.25) is 5.02 Å². The van der Waals surface area contributed by atoms with Crippen LogP contribution in [0, 0.1) is 5.92 Å². The molecule has 3 heterocycles. The third kappa shape index (κ3) is 5.52. The summed E-state index contributed by atoms with van der Waals surface area (Å²) >= 11 is 7.03. The summed E-state index contributed by atoms with van der Waals surface area (Å²) in [4.78, 5) is 30.0. The van der Waals surface area contributed by atoms with Gasteiger partial charge < -0.3 is 10.0 Å². The number of carboxylic acid groups (broad SMARTS) is 1. The zero-order valence-corrected chi connectivity index (χ0v) is 20.8. The van der Waals surface area contributed by atoms with Crippen molar-refractivity contribution < 1.29 is 27.9 Å². The summed E-state index contributed by atoms with van der Waals surface area (Å²) in [7, 11) is 0. The molecule has 1 atom stereocenters. The van der Waals surface area contributed by atoms with Crippen LogP contribution in [-0.2, 0) is 22.3 Å². The fourth-order valence-electron chi connectivity index (χ4n) is 4.54. The summed E-state index contributed by atoms with van der Waals surface area (Å²) in [6.07, 6.45) is -0.430. The Morgan fingerprint density at radius 1 is 1.24 bits per heavy atom. The number of carboxylic acids is 1. The number of likely N-dealkylation sites (tertiary alicyclic amines) is 1. The Hall–Kier alpha value is -3.31. The van der Waals surface area contributed by atoms with Gasteiger partial charge in [0.2, 0.25) is 0 Å². The lowest BCUT2D eigenvalue weighted by molar-refractivity contribution is -0.139. The van der Waals surface area contributed by atoms with Gasteiger partial charge >= 0.3 is 12.1 Å². The summed E-state index contributed by atoms with van der Waals surface area (Å²) in [6, 6.07) is 9.01. The number of nitrogens with zero attached hydrogens (tertiary/aromatic N) is 4. The molecule has 0 radical (unpaired) electrons. The number of benzene rings is 2. The molecule has 5 rings (SSSR count). The van der Waals surface area contributed by atoms with Gasteiger partial charge in [0.05, 0.1) is 28.7 Å². The molecule has 0 bridgehead atoms. The number of aliphatic imine (C=N–C) groups is 1. The molecule has 1 fully saturated rings. The number of thioether (sulfide) groups is 1. The van der Waals surface area contributed by atoms with Crippen molar-refractivity contribution in [2.45, 2.75) is 25.6 Å². The second kappa shape index (κ2) is 9.86. The number of amides is 1. The number of aliphatic carboxylic acids is 1. The quantitative estimate of drug-likeness (QED) is 0.422. The molecule has 37 heavy (non-hydrogen) atoms. The van der Waals surface area contributed by atoms with Gasteiger partial charge in [-0.1, -0.05) is 23.7 Å². The number of hydrogen-bond acceptors (Lipinski definition) is 5. The third-order valence-electron chi connectivity index (χ3n) is 6.29. The van der Waals surface area contributed by atoms with Gasteiger partial charge in [-0.05, 0) is 65.6 Å². The minimum absolute atomic E-state index is 0.00959. The van der Waals surface area contributed by atoms with Crippen molar-refractivity contribution in [3.05, 3.63) is 69.2 Å². The average Bonchev–Trinajstić information content (AvgIpc) is 3.53. The Morgan fingerprint density at radius 2 is 2.05 bits per heavy atom. The summed E-state index contributed by atoms with van der Waals surface area (Å²) in [5, 5.41) is 14.6. The number of fused-ring (bicyclic) bond motifs is 1. The van der Waals surface area contributed by atoms with Crippen molar-refractivity contribution in [2.24, 2.45) is 10.9 Å². The molecular weight excluding hydrogens is 529 g/mol. The highest BCUT2D eigenvalue weighted by molar-refractivity contribution is 8.18. The van der Waals surface area contributed by atoms with Gasteiger partial charge in [0.15, 0.2) is 5.17 Å².